The number of halogens is 1. The van der Waals surface area contributed by atoms with Gasteiger partial charge in [-0.2, -0.15) is 0 Å². The van der Waals surface area contributed by atoms with Gasteiger partial charge >= 0.3 is 0 Å². The van der Waals surface area contributed by atoms with Crippen molar-refractivity contribution < 1.29 is 9.47 Å². The highest BCUT2D eigenvalue weighted by Gasteiger charge is 2.41. The van der Waals surface area contributed by atoms with Crippen LogP contribution in [0.3, 0.4) is 0 Å². The number of nitrogens with zero attached hydrogens (tertiary/aromatic N) is 1. The minimum absolute atomic E-state index is 0.562. The molecule has 0 aliphatic carbocycles. The maximum absolute atomic E-state index is 5.87. The Bertz CT molecular complexity index is 676. The van der Waals surface area contributed by atoms with E-state index >= 15 is 0 Å². The number of hydrogen-bond acceptors (Lipinski definition) is 3. The molecule has 0 N–H and O–H groups in total. The van der Waals surface area contributed by atoms with E-state index in [0.29, 0.717) is 27.8 Å². The molecule has 0 spiro atoms. The summed E-state index contributed by atoms with van der Waals surface area (Å²) in [6.45, 7) is 1.80. The lowest BCUT2D eigenvalue weighted by Crippen LogP contribution is -2.32. The molecule has 1 aliphatic heterocycles. The molecule has 0 amide bonds. The van der Waals surface area contributed by atoms with Gasteiger partial charge in [-0.1, -0.05) is 23.6 Å². The van der Waals surface area contributed by atoms with E-state index in [1.807, 2.05) is 18.2 Å². The highest BCUT2D eigenvalue weighted by atomic mass is 35.5. The van der Waals surface area contributed by atoms with Crippen molar-refractivity contribution in [1.82, 2.24) is 4.98 Å². The van der Waals surface area contributed by atoms with Crippen molar-refractivity contribution in [2.45, 2.75) is 12.7 Å². The number of benzene rings is 1. The van der Waals surface area contributed by atoms with E-state index in [9.17, 15) is 0 Å². The highest BCUT2D eigenvalue weighted by molar-refractivity contribution is 6.30. The lowest BCUT2D eigenvalue weighted by molar-refractivity contribution is -0.0718. The molecule has 4 heteroatoms. The standard InChI is InChI=1S/C15H10ClNO2/c1-3-10-5-4-6-12-14(10)19-15(2,18-12)13-8-7-11(16)9-17-13/h1,4-9H,2H3. The first kappa shape index (κ1) is 11.9. The quantitative estimate of drug-likeness (QED) is 0.745. The first-order valence-corrected chi connectivity index (χ1v) is 6.10. The Labute approximate surface area is 116 Å². The number of ether oxygens (including phenoxy) is 2. The average molecular weight is 272 g/mol. The van der Waals surface area contributed by atoms with Crippen LogP contribution in [-0.4, -0.2) is 4.98 Å². The number of rotatable bonds is 1. The van der Waals surface area contributed by atoms with Gasteiger partial charge in [-0.15, -0.1) is 6.42 Å². The van der Waals surface area contributed by atoms with Crippen molar-refractivity contribution in [3.63, 3.8) is 0 Å². The van der Waals surface area contributed by atoms with Crippen molar-refractivity contribution in [3.05, 3.63) is 52.8 Å². The number of para-hydroxylation sites is 1. The number of aromatic nitrogens is 1. The summed E-state index contributed by atoms with van der Waals surface area (Å²) < 4.78 is 11.7. The molecule has 2 heterocycles. The van der Waals surface area contributed by atoms with E-state index in [1.165, 1.54) is 0 Å². The normalized spacial score (nSPS) is 20.1. The van der Waals surface area contributed by atoms with Gasteiger partial charge in [-0.3, -0.25) is 4.98 Å². The molecule has 3 rings (SSSR count). The van der Waals surface area contributed by atoms with Crippen LogP contribution in [0.5, 0.6) is 11.5 Å². The van der Waals surface area contributed by atoms with Crippen molar-refractivity contribution in [1.29, 1.82) is 0 Å². The van der Waals surface area contributed by atoms with Crippen molar-refractivity contribution in [3.8, 4) is 23.8 Å². The summed E-state index contributed by atoms with van der Waals surface area (Å²) in [6.07, 6.45) is 7.01. The minimum atomic E-state index is -0.986. The Morgan fingerprint density at radius 3 is 2.79 bits per heavy atom. The van der Waals surface area contributed by atoms with Gasteiger partial charge in [0.1, 0.15) is 5.69 Å². The van der Waals surface area contributed by atoms with Gasteiger partial charge in [0.15, 0.2) is 11.5 Å². The monoisotopic (exact) mass is 271 g/mol. The molecule has 1 aliphatic rings. The van der Waals surface area contributed by atoms with Crippen LogP contribution in [0, 0.1) is 12.3 Å². The van der Waals surface area contributed by atoms with E-state index in [1.54, 1.807) is 25.3 Å². The van der Waals surface area contributed by atoms with Crippen LogP contribution >= 0.6 is 11.6 Å². The molecule has 1 unspecified atom stereocenters. The Hall–Kier alpha value is -2.18. The van der Waals surface area contributed by atoms with Crippen LogP contribution in [0.15, 0.2) is 36.5 Å². The smallest absolute Gasteiger partial charge is 0.292 e. The van der Waals surface area contributed by atoms with Crippen LogP contribution in [-0.2, 0) is 5.79 Å². The molecule has 19 heavy (non-hydrogen) atoms. The summed E-state index contributed by atoms with van der Waals surface area (Å²) in [6, 6.07) is 8.97. The maximum atomic E-state index is 5.87. The van der Waals surface area contributed by atoms with Crippen LogP contribution in [0.2, 0.25) is 5.02 Å². The molecule has 1 aromatic heterocycles. The van der Waals surface area contributed by atoms with Crippen molar-refractivity contribution in [2.24, 2.45) is 0 Å². The van der Waals surface area contributed by atoms with Crippen molar-refractivity contribution >= 4 is 11.6 Å². The van der Waals surface area contributed by atoms with E-state index < -0.39 is 5.79 Å². The molecule has 0 radical (unpaired) electrons. The van der Waals surface area contributed by atoms with Gasteiger partial charge in [0.2, 0.25) is 0 Å². The van der Waals surface area contributed by atoms with E-state index in [2.05, 4.69) is 10.9 Å². The summed E-state index contributed by atoms with van der Waals surface area (Å²) in [7, 11) is 0. The van der Waals surface area contributed by atoms with E-state index in [4.69, 9.17) is 27.5 Å². The Balaban J connectivity index is 2.03. The third kappa shape index (κ3) is 1.91. The Morgan fingerprint density at radius 2 is 2.11 bits per heavy atom. The van der Waals surface area contributed by atoms with Crippen molar-refractivity contribution in [2.75, 3.05) is 0 Å². The lowest BCUT2D eigenvalue weighted by atomic mass is 10.2. The summed E-state index contributed by atoms with van der Waals surface area (Å²) >= 11 is 5.83. The second-order valence-electron chi connectivity index (χ2n) is 4.29. The third-order valence-corrected chi connectivity index (χ3v) is 3.15. The van der Waals surface area contributed by atoms with Crippen LogP contribution in [0.1, 0.15) is 18.2 Å². The number of pyridine rings is 1. The van der Waals surface area contributed by atoms with Gasteiger partial charge in [-0.25, -0.2) is 0 Å². The summed E-state index contributed by atoms with van der Waals surface area (Å²) in [5.74, 6) is 2.79. The molecule has 0 fully saturated rings. The van der Waals surface area contributed by atoms with Gasteiger partial charge in [0.05, 0.1) is 10.6 Å². The number of hydrogen-bond donors (Lipinski definition) is 0. The fourth-order valence-corrected chi connectivity index (χ4v) is 2.10. The molecule has 1 aromatic carbocycles. The lowest BCUT2D eigenvalue weighted by Gasteiger charge is -2.22. The second kappa shape index (κ2) is 4.18. The van der Waals surface area contributed by atoms with Crippen LogP contribution in [0.25, 0.3) is 0 Å². The predicted octanol–water partition coefficient (Wildman–Crippen LogP) is 3.36. The third-order valence-electron chi connectivity index (χ3n) is 2.93. The zero-order chi connectivity index (χ0) is 13.5. The molecule has 0 bridgehead atoms. The summed E-state index contributed by atoms with van der Waals surface area (Å²) in [5, 5.41) is 0.562. The predicted molar refractivity (Wildman–Crippen MR) is 72.2 cm³/mol. The largest absolute Gasteiger partial charge is 0.443 e. The fourth-order valence-electron chi connectivity index (χ4n) is 1.99. The van der Waals surface area contributed by atoms with Gasteiger partial charge in [0.25, 0.3) is 5.79 Å². The van der Waals surface area contributed by atoms with Gasteiger partial charge in [-0.05, 0) is 24.3 Å². The van der Waals surface area contributed by atoms with Gasteiger partial charge in [0, 0.05) is 13.1 Å². The highest BCUT2D eigenvalue weighted by Crippen LogP contribution is 2.45. The zero-order valence-electron chi connectivity index (χ0n) is 10.2. The summed E-state index contributed by atoms with van der Waals surface area (Å²) in [5.41, 5.74) is 1.30. The van der Waals surface area contributed by atoms with Gasteiger partial charge < -0.3 is 9.47 Å². The van der Waals surface area contributed by atoms with E-state index in [-0.39, 0.29) is 0 Å². The fraction of sp³-hybridized carbons (Fsp3) is 0.133. The first-order chi connectivity index (χ1) is 9.12. The molecule has 1 atom stereocenters. The van der Waals surface area contributed by atoms with Crippen LogP contribution < -0.4 is 9.47 Å². The Kier molecular flexibility index (Phi) is 2.62. The molecule has 0 saturated carbocycles. The molecular formula is C15H10ClNO2. The first-order valence-electron chi connectivity index (χ1n) is 5.72. The molecular weight excluding hydrogens is 262 g/mol. The SMILES string of the molecule is C#Cc1cccc2c1OC(C)(c1ccc(Cl)cn1)O2. The van der Waals surface area contributed by atoms with E-state index in [0.717, 1.165) is 0 Å². The second-order valence-corrected chi connectivity index (χ2v) is 4.73. The molecule has 3 nitrogen and oxygen atoms in total. The topological polar surface area (TPSA) is 31.4 Å². The average Bonchev–Trinajstić information content (AvgIpc) is 2.76. The number of fused-ring (bicyclic) bond motifs is 1. The zero-order valence-corrected chi connectivity index (χ0v) is 10.9. The summed E-state index contributed by atoms with van der Waals surface area (Å²) in [4.78, 5) is 4.24. The van der Waals surface area contributed by atoms with Crippen LogP contribution in [0.4, 0.5) is 0 Å². The maximum Gasteiger partial charge on any atom is 0.292 e. The Morgan fingerprint density at radius 1 is 1.26 bits per heavy atom. The number of terminal acetylenes is 1. The molecule has 2 aromatic rings. The minimum Gasteiger partial charge on any atom is -0.443 e. The molecule has 0 saturated heterocycles. The molecule has 94 valence electrons.